The Morgan fingerprint density at radius 2 is 1.92 bits per heavy atom. The quantitative estimate of drug-likeness (QED) is 0.868. The number of nitrogens with one attached hydrogen (secondary N) is 1. The Morgan fingerprint density at radius 1 is 1.24 bits per heavy atom. The van der Waals surface area contributed by atoms with E-state index in [1.807, 2.05) is 29.2 Å². The molecule has 0 radical (unpaired) electrons. The zero-order valence-electron chi connectivity index (χ0n) is 15.2. The van der Waals surface area contributed by atoms with Crippen molar-refractivity contribution >= 4 is 18.3 Å². The lowest BCUT2D eigenvalue weighted by Gasteiger charge is -2.32. The van der Waals surface area contributed by atoms with Crippen molar-refractivity contribution in [3.05, 3.63) is 29.8 Å². The van der Waals surface area contributed by atoms with Gasteiger partial charge >= 0.3 is 0 Å². The van der Waals surface area contributed by atoms with E-state index in [9.17, 15) is 4.79 Å². The number of likely N-dealkylation sites (tertiary alicyclic amines) is 1. The number of hydrogen-bond donors (Lipinski definition) is 1. The normalized spacial score (nSPS) is 22.3. The zero-order chi connectivity index (χ0) is 16.9. The van der Waals surface area contributed by atoms with Gasteiger partial charge in [0.1, 0.15) is 5.75 Å². The van der Waals surface area contributed by atoms with Crippen molar-refractivity contribution < 1.29 is 9.53 Å². The third-order valence-corrected chi connectivity index (χ3v) is 5.13. The minimum absolute atomic E-state index is 0. The number of benzene rings is 1. The lowest BCUT2D eigenvalue weighted by molar-refractivity contribution is 0.0773. The molecule has 25 heavy (non-hydrogen) atoms. The highest BCUT2D eigenvalue weighted by Crippen LogP contribution is 2.20. The largest absolute Gasteiger partial charge is 0.491 e. The number of carbonyl (C=O) groups is 1. The molecular weight excluding hydrogens is 338 g/mol. The fourth-order valence-electron chi connectivity index (χ4n) is 3.45. The van der Waals surface area contributed by atoms with Gasteiger partial charge in [0.05, 0.1) is 6.10 Å². The van der Waals surface area contributed by atoms with Gasteiger partial charge in [0.15, 0.2) is 0 Å². The van der Waals surface area contributed by atoms with Gasteiger partial charge in [-0.25, -0.2) is 0 Å². The van der Waals surface area contributed by atoms with Crippen molar-refractivity contribution in [2.45, 2.75) is 38.8 Å². The van der Waals surface area contributed by atoms with Crippen molar-refractivity contribution in [2.75, 3.05) is 39.3 Å². The average molecular weight is 368 g/mol. The molecule has 0 aliphatic carbocycles. The molecule has 2 heterocycles. The minimum atomic E-state index is 0. The average Bonchev–Trinajstić information content (AvgIpc) is 3.12. The number of rotatable bonds is 5. The topological polar surface area (TPSA) is 44.8 Å². The van der Waals surface area contributed by atoms with E-state index in [4.69, 9.17) is 4.74 Å². The van der Waals surface area contributed by atoms with E-state index < -0.39 is 0 Å². The predicted molar refractivity (Wildman–Crippen MR) is 103 cm³/mol. The second-order valence-corrected chi connectivity index (χ2v) is 6.84. The molecule has 2 atom stereocenters. The standard InChI is InChI=1S/C19H29N3O2.ClH/c1-3-15(2)24-18-6-4-16(5-7-18)19(23)22-11-8-17(14-22)21-12-9-20-10-13-21;/h4-7,15,17,20H,3,8-14H2,1-2H3;1H. The summed E-state index contributed by atoms with van der Waals surface area (Å²) in [6.45, 7) is 10.2. The van der Waals surface area contributed by atoms with Gasteiger partial charge in [0, 0.05) is 50.9 Å². The molecule has 6 heteroatoms. The van der Waals surface area contributed by atoms with Crippen LogP contribution in [-0.4, -0.2) is 67.1 Å². The molecule has 140 valence electrons. The summed E-state index contributed by atoms with van der Waals surface area (Å²) in [6, 6.07) is 8.10. The second-order valence-electron chi connectivity index (χ2n) is 6.84. The van der Waals surface area contributed by atoms with Crippen LogP contribution in [0, 0.1) is 0 Å². The van der Waals surface area contributed by atoms with Crippen LogP contribution in [0.1, 0.15) is 37.0 Å². The molecule has 0 saturated carbocycles. The van der Waals surface area contributed by atoms with Gasteiger partial charge in [-0.05, 0) is 44.0 Å². The van der Waals surface area contributed by atoms with Crippen LogP contribution in [0.2, 0.25) is 0 Å². The Morgan fingerprint density at radius 3 is 2.56 bits per heavy atom. The molecule has 1 amide bonds. The maximum absolute atomic E-state index is 12.7. The first-order valence-electron chi connectivity index (χ1n) is 9.18. The summed E-state index contributed by atoms with van der Waals surface area (Å²) in [5, 5.41) is 3.39. The van der Waals surface area contributed by atoms with Gasteiger partial charge in [-0.1, -0.05) is 6.92 Å². The highest BCUT2D eigenvalue weighted by atomic mass is 35.5. The van der Waals surface area contributed by atoms with E-state index in [1.165, 1.54) is 0 Å². The van der Waals surface area contributed by atoms with Crippen LogP contribution in [0.25, 0.3) is 0 Å². The highest BCUT2D eigenvalue weighted by Gasteiger charge is 2.31. The van der Waals surface area contributed by atoms with Crippen molar-refractivity contribution in [1.29, 1.82) is 0 Å². The molecule has 2 unspecified atom stereocenters. The molecule has 5 nitrogen and oxygen atoms in total. The Kier molecular flexibility index (Phi) is 7.54. The van der Waals surface area contributed by atoms with Crippen molar-refractivity contribution in [3.63, 3.8) is 0 Å². The summed E-state index contributed by atoms with van der Waals surface area (Å²) < 4.78 is 5.78. The van der Waals surface area contributed by atoms with Crippen LogP contribution in [0.4, 0.5) is 0 Å². The Bertz CT molecular complexity index is 546. The summed E-state index contributed by atoms with van der Waals surface area (Å²) >= 11 is 0. The number of piperazine rings is 1. The van der Waals surface area contributed by atoms with Crippen LogP contribution in [-0.2, 0) is 0 Å². The number of carbonyl (C=O) groups excluding carboxylic acids is 1. The number of nitrogens with zero attached hydrogens (tertiary/aromatic N) is 2. The molecule has 0 bridgehead atoms. The van der Waals surface area contributed by atoms with Crippen molar-refractivity contribution in [3.8, 4) is 5.75 Å². The Labute approximate surface area is 157 Å². The van der Waals surface area contributed by atoms with Gasteiger partial charge in [-0.15, -0.1) is 12.4 Å². The van der Waals surface area contributed by atoms with E-state index >= 15 is 0 Å². The summed E-state index contributed by atoms with van der Waals surface area (Å²) in [7, 11) is 0. The highest BCUT2D eigenvalue weighted by molar-refractivity contribution is 5.94. The molecule has 1 aromatic rings. The first-order valence-corrected chi connectivity index (χ1v) is 9.18. The molecule has 0 spiro atoms. The van der Waals surface area contributed by atoms with Gasteiger partial charge in [0.2, 0.25) is 0 Å². The molecule has 1 aromatic carbocycles. The Balaban J connectivity index is 0.00000225. The van der Waals surface area contributed by atoms with Crippen LogP contribution in [0.15, 0.2) is 24.3 Å². The van der Waals surface area contributed by atoms with E-state index in [0.717, 1.165) is 63.4 Å². The van der Waals surface area contributed by atoms with E-state index in [0.29, 0.717) is 6.04 Å². The Hall–Kier alpha value is -1.30. The number of amides is 1. The van der Waals surface area contributed by atoms with Crippen LogP contribution in [0.3, 0.4) is 0 Å². The van der Waals surface area contributed by atoms with E-state index in [2.05, 4.69) is 24.1 Å². The van der Waals surface area contributed by atoms with Gasteiger partial charge < -0.3 is 15.0 Å². The van der Waals surface area contributed by atoms with Crippen LogP contribution >= 0.6 is 12.4 Å². The summed E-state index contributed by atoms with van der Waals surface area (Å²) in [6.07, 6.45) is 2.26. The van der Waals surface area contributed by atoms with E-state index in [1.54, 1.807) is 0 Å². The van der Waals surface area contributed by atoms with Gasteiger partial charge in [-0.3, -0.25) is 9.69 Å². The molecular formula is C19H30ClN3O2. The fourth-order valence-corrected chi connectivity index (χ4v) is 3.45. The monoisotopic (exact) mass is 367 g/mol. The van der Waals surface area contributed by atoms with Crippen molar-refractivity contribution in [1.82, 2.24) is 15.1 Å². The molecule has 2 aliphatic rings. The van der Waals surface area contributed by atoms with Crippen LogP contribution in [0.5, 0.6) is 5.75 Å². The first-order chi connectivity index (χ1) is 11.7. The molecule has 0 aromatic heterocycles. The molecule has 2 saturated heterocycles. The number of ether oxygens (including phenoxy) is 1. The van der Waals surface area contributed by atoms with E-state index in [-0.39, 0.29) is 24.4 Å². The third kappa shape index (κ3) is 5.09. The first kappa shape index (κ1) is 20.0. The van der Waals surface area contributed by atoms with Gasteiger partial charge in [0.25, 0.3) is 5.91 Å². The molecule has 2 aliphatic heterocycles. The smallest absolute Gasteiger partial charge is 0.253 e. The maximum Gasteiger partial charge on any atom is 0.253 e. The predicted octanol–water partition coefficient (Wildman–Crippen LogP) is 2.41. The van der Waals surface area contributed by atoms with Crippen LogP contribution < -0.4 is 10.1 Å². The number of hydrogen-bond acceptors (Lipinski definition) is 4. The molecule has 3 rings (SSSR count). The maximum atomic E-state index is 12.7. The SMILES string of the molecule is CCC(C)Oc1ccc(C(=O)N2CCC(N3CCNCC3)C2)cc1.Cl. The summed E-state index contributed by atoms with van der Waals surface area (Å²) in [4.78, 5) is 17.2. The number of halogens is 1. The molecule has 1 N–H and O–H groups in total. The second kappa shape index (κ2) is 9.41. The minimum Gasteiger partial charge on any atom is -0.491 e. The summed E-state index contributed by atoms with van der Waals surface area (Å²) in [5.74, 6) is 0.976. The lowest BCUT2D eigenvalue weighted by Crippen LogP contribution is -2.49. The fraction of sp³-hybridized carbons (Fsp3) is 0.632. The van der Waals surface area contributed by atoms with Gasteiger partial charge in [-0.2, -0.15) is 0 Å². The molecule has 2 fully saturated rings. The lowest BCUT2D eigenvalue weighted by atomic mass is 10.2. The summed E-state index contributed by atoms with van der Waals surface area (Å²) in [5.41, 5.74) is 0.757. The van der Waals surface area contributed by atoms with Crippen molar-refractivity contribution in [2.24, 2.45) is 0 Å². The zero-order valence-corrected chi connectivity index (χ0v) is 16.1. The third-order valence-electron chi connectivity index (χ3n) is 5.13.